The van der Waals surface area contributed by atoms with Gasteiger partial charge in [0, 0.05) is 0 Å². The number of hydrogen-bond donors (Lipinski definition) is 2. The van der Waals surface area contributed by atoms with Gasteiger partial charge in [-0.25, -0.2) is 0 Å². The second-order valence-corrected chi connectivity index (χ2v) is 5.28. The smallest absolute Gasteiger partial charge is 0.0581 e. The summed E-state index contributed by atoms with van der Waals surface area (Å²) >= 11 is 8.15. The van der Waals surface area contributed by atoms with E-state index in [1.54, 1.807) is 10.8 Å². The van der Waals surface area contributed by atoms with Crippen molar-refractivity contribution in [3.63, 3.8) is 0 Å². The molecule has 7 heavy (non-hydrogen) atoms. The number of hydrogen-bond acceptors (Lipinski definition) is 4. The zero-order valence-electron chi connectivity index (χ0n) is 4.00. The maximum atomic E-state index is 4.20. The van der Waals surface area contributed by atoms with Crippen LogP contribution in [0.4, 0.5) is 0 Å². The van der Waals surface area contributed by atoms with Gasteiger partial charge in [0.05, 0.1) is 4.58 Å². The first kappa shape index (κ1) is 8.40. The average Bonchev–Trinajstić information content (AvgIpc) is 1.68. The van der Waals surface area contributed by atoms with Gasteiger partial charge in [-0.15, -0.1) is 0 Å². The van der Waals surface area contributed by atoms with Crippen LogP contribution in [0.2, 0.25) is 0 Å². The summed E-state index contributed by atoms with van der Waals surface area (Å²) in [4.78, 5) is 0. The zero-order valence-corrected chi connectivity index (χ0v) is 7.42. The van der Waals surface area contributed by atoms with Crippen LogP contribution >= 0.6 is 44.9 Å². The molecule has 0 saturated carbocycles. The fourth-order valence-corrected chi connectivity index (χ4v) is 2.99. The predicted molar refractivity (Wildman–Crippen MR) is 47.2 cm³/mol. The first-order chi connectivity index (χ1) is 3.31. The molecule has 0 aromatic carbocycles. The minimum Gasteiger partial charge on any atom is -0.164 e. The third kappa shape index (κ3) is 5.27. The molecule has 0 bridgehead atoms. The normalized spacial score (nSPS) is 14.1. The van der Waals surface area contributed by atoms with Crippen molar-refractivity contribution in [1.82, 2.24) is 0 Å². The molecule has 0 saturated heterocycles. The predicted octanol–water partition coefficient (Wildman–Crippen LogP) is 2.88. The summed E-state index contributed by atoms with van der Waals surface area (Å²) in [5.74, 6) is 0. The van der Waals surface area contributed by atoms with Gasteiger partial charge in [-0.2, -0.15) is 12.6 Å². The van der Waals surface area contributed by atoms with E-state index in [1.165, 1.54) is 9.83 Å². The van der Waals surface area contributed by atoms with E-state index in [2.05, 4.69) is 31.2 Å². The van der Waals surface area contributed by atoms with Crippen molar-refractivity contribution in [2.24, 2.45) is 0 Å². The fraction of sp³-hybridized carbons (Fsp3) is 1.00. The van der Waals surface area contributed by atoms with Gasteiger partial charge in [0.1, 0.15) is 0 Å². The highest BCUT2D eigenvalue weighted by Gasteiger charge is 1.95. The Morgan fingerprint density at radius 1 is 1.71 bits per heavy atom. The van der Waals surface area contributed by atoms with Crippen LogP contribution in [-0.2, 0) is 0 Å². The van der Waals surface area contributed by atoms with Crippen LogP contribution in [-0.4, -0.2) is 4.58 Å². The van der Waals surface area contributed by atoms with Gasteiger partial charge >= 0.3 is 0 Å². The second kappa shape index (κ2) is 5.54. The van der Waals surface area contributed by atoms with Crippen LogP contribution in [0.3, 0.4) is 0 Å². The fourth-order valence-electron chi connectivity index (χ4n) is 0.118. The SMILES string of the molecule is CCC(S)SSS. The van der Waals surface area contributed by atoms with Crippen molar-refractivity contribution in [1.29, 1.82) is 0 Å². The van der Waals surface area contributed by atoms with Gasteiger partial charge in [-0.1, -0.05) is 29.4 Å². The van der Waals surface area contributed by atoms with E-state index < -0.39 is 0 Å². The molecular formula is C3H8S4. The highest BCUT2D eigenvalue weighted by Crippen LogP contribution is 2.32. The van der Waals surface area contributed by atoms with Crippen molar-refractivity contribution in [2.45, 2.75) is 17.9 Å². The lowest BCUT2D eigenvalue weighted by atomic mass is 10.6. The third-order valence-corrected chi connectivity index (χ3v) is 3.98. The van der Waals surface area contributed by atoms with Crippen molar-refractivity contribution in [2.75, 3.05) is 0 Å². The van der Waals surface area contributed by atoms with Gasteiger partial charge in [0.2, 0.25) is 0 Å². The molecule has 0 radical (unpaired) electrons. The minimum absolute atomic E-state index is 0.447. The van der Waals surface area contributed by atoms with E-state index in [4.69, 9.17) is 0 Å². The lowest BCUT2D eigenvalue weighted by Crippen LogP contribution is -1.81. The van der Waals surface area contributed by atoms with Crippen LogP contribution in [0.5, 0.6) is 0 Å². The van der Waals surface area contributed by atoms with Crippen LogP contribution in [0.1, 0.15) is 13.3 Å². The van der Waals surface area contributed by atoms with Gasteiger partial charge in [0.25, 0.3) is 0 Å². The van der Waals surface area contributed by atoms with Crippen LogP contribution in [0, 0.1) is 0 Å². The lowest BCUT2D eigenvalue weighted by Gasteiger charge is -1.99. The first-order valence-electron chi connectivity index (χ1n) is 1.96. The summed E-state index contributed by atoms with van der Waals surface area (Å²) in [5, 5.41) is 0. The molecule has 0 aliphatic heterocycles. The molecule has 0 rings (SSSR count). The Hall–Kier alpha value is 1.40. The Morgan fingerprint density at radius 3 is 2.43 bits per heavy atom. The molecule has 0 aliphatic rings. The molecule has 0 heterocycles. The maximum Gasteiger partial charge on any atom is 0.0581 e. The summed E-state index contributed by atoms with van der Waals surface area (Å²) in [5.41, 5.74) is 0. The van der Waals surface area contributed by atoms with Crippen molar-refractivity contribution < 1.29 is 0 Å². The molecule has 0 aliphatic carbocycles. The van der Waals surface area contributed by atoms with Gasteiger partial charge < -0.3 is 0 Å². The van der Waals surface area contributed by atoms with Gasteiger partial charge in [0.15, 0.2) is 0 Å². The Labute approximate surface area is 62.8 Å². The van der Waals surface area contributed by atoms with E-state index in [-0.39, 0.29) is 0 Å². The maximum absolute atomic E-state index is 4.20. The molecule has 0 fully saturated rings. The molecule has 0 nitrogen and oxygen atoms in total. The second-order valence-electron chi connectivity index (χ2n) is 1.03. The highest BCUT2D eigenvalue weighted by atomic mass is 33.5. The molecule has 44 valence electrons. The molecule has 0 aromatic heterocycles. The van der Waals surface area contributed by atoms with E-state index in [0.29, 0.717) is 4.58 Å². The monoisotopic (exact) mass is 172 g/mol. The summed E-state index contributed by atoms with van der Waals surface area (Å²) in [6, 6.07) is 0. The summed E-state index contributed by atoms with van der Waals surface area (Å²) in [6.45, 7) is 2.11. The number of thiol groups is 2. The van der Waals surface area contributed by atoms with Crippen LogP contribution < -0.4 is 0 Å². The van der Waals surface area contributed by atoms with Crippen molar-refractivity contribution >= 4 is 44.9 Å². The Balaban J connectivity index is 2.83. The molecule has 0 aromatic rings. The summed E-state index contributed by atoms with van der Waals surface area (Å²) < 4.78 is 0.447. The topological polar surface area (TPSA) is 0 Å². The molecule has 4 heteroatoms. The summed E-state index contributed by atoms with van der Waals surface area (Å²) in [6.07, 6.45) is 1.10. The molecule has 0 spiro atoms. The van der Waals surface area contributed by atoms with E-state index in [0.717, 1.165) is 6.42 Å². The first-order valence-corrected chi connectivity index (χ1v) is 5.74. The van der Waals surface area contributed by atoms with E-state index in [9.17, 15) is 0 Å². The molecule has 1 atom stereocenters. The van der Waals surface area contributed by atoms with Crippen LogP contribution in [0.15, 0.2) is 0 Å². The molecule has 0 amide bonds. The third-order valence-electron chi connectivity index (χ3n) is 0.503. The molecule has 0 N–H and O–H groups in total. The number of rotatable bonds is 3. The molecular weight excluding hydrogens is 164 g/mol. The zero-order chi connectivity index (χ0) is 5.70. The van der Waals surface area contributed by atoms with E-state index in [1.807, 2.05) is 0 Å². The lowest BCUT2D eigenvalue weighted by molar-refractivity contribution is 1.07. The average molecular weight is 172 g/mol. The largest absolute Gasteiger partial charge is 0.164 e. The molecule has 1 unspecified atom stereocenters. The van der Waals surface area contributed by atoms with Crippen LogP contribution in [0.25, 0.3) is 0 Å². The highest BCUT2D eigenvalue weighted by molar-refractivity contribution is 9.06. The summed E-state index contributed by atoms with van der Waals surface area (Å²) in [7, 11) is 3.15. The Morgan fingerprint density at radius 2 is 2.29 bits per heavy atom. The van der Waals surface area contributed by atoms with E-state index >= 15 is 0 Å². The van der Waals surface area contributed by atoms with Gasteiger partial charge in [-0.3, -0.25) is 0 Å². The Kier molecular flexibility index (Phi) is 6.64. The van der Waals surface area contributed by atoms with Crippen molar-refractivity contribution in [3.8, 4) is 0 Å². The minimum atomic E-state index is 0.447. The quantitative estimate of drug-likeness (QED) is 0.382. The van der Waals surface area contributed by atoms with Gasteiger partial charge in [-0.05, 0) is 16.2 Å². The Bertz CT molecular complexity index is 37.9. The van der Waals surface area contributed by atoms with Crippen molar-refractivity contribution in [3.05, 3.63) is 0 Å². The standard InChI is InChI=1S/C3H8S4/c1-2-3(4)6-7-5/h3-5H,2H2,1H3.